The number of ether oxygens (including phenoxy) is 1. The highest BCUT2D eigenvalue weighted by Crippen LogP contribution is 2.27. The van der Waals surface area contributed by atoms with E-state index in [-0.39, 0.29) is 0 Å². The monoisotopic (exact) mass is 306 g/mol. The van der Waals surface area contributed by atoms with Gasteiger partial charge in [0.15, 0.2) is 0 Å². The largest absolute Gasteiger partial charge is 0.497 e. The van der Waals surface area contributed by atoms with Crippen LogP contribution in [-0.2, 0) is 0 Å². The van der Waals surface area contributed by atoms with E-state index >= 15 is 0 Å². The quantitative estimate of drug-likeness (QED) is 0.679. The van der Waals surface area contributed by atoms with Crippen LogP contribution in [0.2, 0.25) is 0 Å². The molecular weight excluding hydrogens is 284 g/mol. The van der Waals surface area contributed by atoms with Crippen molar-refractivity contribution in [2.75, 3.05) is 7.11 Å². The number of aromatic nitrogens is 2. The molecule has 23 heavy (non-hydrogen) atoms. The first-order chi connectivity index (χ1) is 11.1. The summed E-state index contributed by atoms with van der Waals surface area (Å²) >= 11 is 0. The Morgan fingerprint density at radius 1 is 0.957 bits per heavy atom. The maximum Gasteiger partial charge on any atom is 0.119 e. The van der Waals surface area contributed by atoms with Crippen LogP contribution in [0, 0.1) is 6.92 Å². The third-order valence-electron chi connectivity index (χ3n) is 3.98. The van der Waals surface area contributed by atoms with Gasteiger partial charge < -0.3 is 4.74 Å². The smallest absolute Gasteiger partial charge is 0.119 e. The van der Waals surface area contributed by atoms with Gasteiger partial charge in [0.05, 0.1) is 24.2 Å². The molecule has 0 aliphatic heterocycles. The molecule has 0 amide bonds. The van der Waals surface area contributed by atoms with E-state index in [9.17, 15) is 0 Å². The Bertz CT molecular complexity index is 784. The number of benzene rings is 2. The molecule has 3 nitrogen and oxygen atoms in total. The molecule has 0 aliphatic rings. The SMILES string of the molecule is COc1ccc(-n2nc(C(C)C)cc2-c2ccc(C)cc2)cc1. The molecule has 0 spiro atoms. The molecule has 0 aliphatic carbocycles. The average Bonchev–Trinajstić information content (AvgIpc) is 3.01. The van der Waals surface area contributed by atoms with Crippen LogP contribution in [0.1, 0.15) is 31.0 Å². The highest BCUT2D eigenvalue weighted by molar-refractivity contribution is 5.63. The van der Waals surface area contributed by atoms with Gasteiger partial charge in [-0.1, -0.05) is 43.7 Å². The summed E-state index contributed by atoms with van der Waals surface area (Å²) in [4.78, 5) is 0. The summed E-state index contributed by atoms with van der Waals surface area (Å²) in [6, 6.07) is 18.7. The third-order valence-corrected chi connectivity index (χ3v) is 3.98. The second-order valence-electron chi connectivity index (χ2n) is 6.08. The predicted octanol–water partition coefficient (Wildman–Crippen LogP) is 4.98. The summed E-state index contributed by atoms with van der Waals surface area (Å²) in [5, 5.41) is 4.81. The molecule has 0 unspecified atom stereocenters. The van der Waals surface area contributed by atoms with Crippen molar-refractivity contribution in [1.29, 1.82) is 0 Å². The molecule has 3 heteroatoms. The first-order valence-corrected chi connectivity index (χ1v) is 7.90. The number of hydrogen-bond donors (Lipinski definition) is 0. The van der Waals surface area contributed by atoms with Gasteiger partial charge in [-0.3, -0.25) is 0 Å². The minimum absolute atomic E-state index is 0.388. The molecule has 1 heterocycles. The van der Waals surface area contributed by atoms with Crippen LogP contribution in [0.5, 0.6) is 5.75 Å². The zero-order valence-corrected chi connectivity index (χ0v) is 14.1. The molecule has 1 aromatic heterocycles. The van der Waals surface area contributed by atoms with Gasteiger partial charge in [-0.15, -0.1) is 0 Å². The average molecular weight is 306 g/mol. The first-order valence-electron chi connectivity index (χ1n) is 7.90. The molecular formula is C20H22N2O. The zero-order chi connectivity index (χ0) is 16.4. The second kappa shape index (κ2) is 6.29. The van der Waals surface area contributed by atoms with E-state index in [0.717, 1.165) is 22.8 Å². The van der Waals surface area contributed by atoms with E-state index in [1.165, 1.54) is 11.1 Å². The summed E-state index contributed by atoms with van der Waals surface area (Å²) in [5.41, 5.74) is 5.67. The molecule has 118 valence electrons. The number of methoxy groups -OCH3 is 1. The summed E-state index contributed by atoms with van der Waals surface area (Å²) in [7, 11) is 1.68. The van der Waals surface area contributed by atoms with Crippen molar-refractivity contribution < 1.29 is 4.74 Å². The van der Waals surface area contributed by atoms with E-state index < -0.39 is 0 Å². The van der Waals surface area contributed by atoms with Gasteiger partial charge in [0.1, 0.15) is 5.75 Å². The molecule has 0 atom stereocenters. The fraction of sp³-hybridized carbons (Fsp3) is 0.250. The molecule has 0 radical (unpaired) electrons. The van der Waals surface area contributed by atoms with Gasteiger partial charge >= 0.3 is 0 Å². The lowest BCUT2D eigenvalue weighted by Crippen LogP contribution is -2.00. The first kappa shape index (κ1) is 15.3. The van der Waals surface area contributed by atoms with Crippen molar-refractivity contribution in [1.82, 2.24) is 9.78 Å². The number of hydrogen-bond acceptors (Lipinski definition) is 2. The molecule has 0 saturated heterocycles. The summed E-state index contributed by atoms with van der Waals surface area (Å²) in [6.45, 7) is 6.43. The molecule has 0 fully saturated rings. The molecule has 3 rings (SSSR count). The van der Waals surface area contributed by atoms with Crippen LogP contribution in [-0.4, -0.2) is 16.9 Å². The van der Waals surface area contributed by atoms with Crippen LogP contribution in [0.15, 0.2) is 54.6 Å². The molecule has 0 N–H and O–H groups in total. The van der Waals surface area contributed by atoms with Gasteiger partial charge in [0, 0.05) is 5.56 Å². The summed E-state index contributed by atoms with van der Waals surface area (Å²) in [5.74, 6) is 1.24. The zero-order valence-electron chi connectivity index (χ0n) is 14.1. The van der Waals surface area contributed by atoms with Gasteiger partial charge in [0.25, 0.3) is 0 Å². The van der Waals surface area contributed by atoms with Crippen molar-refractivity contribution in [2.45, 2.75) is 26.7 Å². The van der Waals surface area contributed by atoms with Gasteiger partial charge in [0.2, 0.25) is 0 Å². The fourth-order valence-corrected chi connectivity index (χ4v) is 2.53. The van der Waals surface area contributed by atoms with Crippen molar-refractivity contribution in [3.63, 3.8) is 0 Å². The van der Waals surface area contributed by atoms with E-state index in [1.807, 2.05) is 28.9 Å². The number of nitrogens with zero attached hydrogens (tertiary/aromatic N) is 2. The predicted molar refractivity (Wildman–Crippen MR) is 94.4 cm³/mol. The van der Waals surface area contributed by atoms with Crippen LogP contribution in [0.25, 0.3) is 16.9 Å². The Morgan fingerprint density at radius 3 is 2.17 bits per heavy atom. The van der Waals surface area contributed by atoms with Crippen LogP contribution in [0.3, 0.4) is 0 Å². The van der Waals surface area contributed by atoms with Gasteiger partial charge in [-0.2, -0.15) is 5.10 Å². The minimum atomic E-state index is 0.388. The fourth-order valence-electron chi connectivity index (χ4n) is 2.53. The van der Waals surface area contributed by atoms with Crippen molar-refractivity contribution in [3.8, 4) is 22.7 Å². The van der Waals surface area contributed by atoms with Gasteiger partial charge in [-0.25, -0.2) is 4.68 Å². The summed E-state index contributed by atoms with van der Waals surface area (Å²) in [6.07, 6.45) is 0. The van der Waals surface area contributed by atoms with E-state index in [0.29, 0.717) is 5.92 Å². The minimum Gasteiger partial charge on any atom is -0.497 e. The van der Waals surface area contributed by atoms with Crippen molar-refractivity contribution in [2.24, 2.45) is 0 Å². The van der Waals surface area contributed by atoms with Crippen LogP contribution < -0.4 is 4.74 Å². The molecule has 3 aromatic rings. The highest BCUT2D eigenvalue weighted by atomic mass is 16.5. The Morgan fingerprint density at radius 2 is 1.61 bits per heavy atom. The van der Waals surface area contributed by atoms with E-state index in [2.05, 4.69) is 51.1 Å². The molecule has 0 saturated carbocycles. The lowest BCUT2D eigenvalue weighted by atomic mass is 10.1. The Kier molecular flexibility index (Phi) is 4.20. The Balaban J connectivity index is 2.12. The second-order valence-corrected chi connectivity index (χ2v) is 6.08. The van der Waals surface area contributed by atoms with E-state index in [1.54, 1.807) is 7.11 Å². The van der Waals surface area contributed by atoms with E-state index in [4.69, 9.17) is 9.84 Å². The van der Waals surface area contributed by atoms with Crippen molar-refractivity contribution >= 4 is 0 Å². The normalized spacial score (nSPS) is 11.0. The number of rotatable bonds is 4. The number of aryl methyl sites for hydroxylation is 1. The standard InChI is InChI=1S/C20H22N2O/c1-14(2)19-13-20(16-7-5-15(3)6-8-16)22(21-19)17-9-11-18(23-4)12-10-17/h5-14H,1-4H3. The van der Waals surface area contributed by atoms with Crippen LogP contribution in [0.4, 0.5) is 0 Å². The highest BCUT2D eigenvalue weighted by Gasteiger charge is 2.13. The van der Waals surface area contributed by atoms with Gasteiger partial charge in [-0.05, 0) is 43.2 Å². The lowest BCUT2D eigenvalue weighted by molar-refractivity contribution is 0.414. The van der Waals surface area contributed by atoms with Crippen molar-refractivity contribution in [3.05, 3.63) is 65.9 Å². The maximum absolute atomic E-state index is 5.25. The Hall–Kier alpha value is -2.55. The Labute approximate surface area is 137 Å². The lowest BCUT2D eigenvalue weighted by Gasteiger charge is -2.09. The summed E-state index contributed by atoms with van der Waals surface area (Å²) < 4.78 is 7.26. The van der Waals surface area contributed by atoms with Crippen LogP contribution >= 0.6 is 0 Å². The molecule has 0 bridgehead atoms. The maximum atomic E-state index is 5.25. The third kappa shape index (κ3) is 3.14. The molecule has 2 aromatic carbocycles. The topological polar surface area (TPSA) is 27.1 Å².